The number of carbonyl (C=O) groups is 4. The number of esters is 4. The Kier molecular flexibility index (Phi) is 19.1. The number of nitrogens with one attached hydrogen (secondary N) is 1. The molecule has 0 amide bonds. The first-order valence-electron chi connectivity index (χ1n) is 19.1. The van der Waals surface area contributed by atoms with E-state index in [0.29, 0.717) is 47.8 Å². The standard InChI is InChI=1S/C45H44N4O10S/c1-3-39(50)56-28-11-7-5-9-26-54-35-19-15-33(16-20-35)43(52)58-37-23-24-38(42-41(37)49-45(60-42)48-25-13-14-32(30-46)31-47)59-44(53)34-17-21-36(22-18-34)55-27-10-6-8-12-29-57-40(51)4-2/h3-4,13-25H,1-2,5-12,26-29H2,(H,48,49)/b25-13+. The van der Waals surface area contributed by atoms with E-state index < -0.39 is 23.9 Å². The van der Waals surface area contributed by atoms with Gasteiger partial charge in [-0.1, -0.05) is 24.5 Å². The average molecular weight is 833 g/mol. The molecule has 0 bridgehead atoms. The molecule has 0 spiro atoms. The molecule has 0 fully saturated rings. The van der Waals surface area contributed by atoms with Gasteiger partial charge in [0.25, 0.3) is 0 Å². The highest BCUT2D eigenvalue weighted by Gasteiger charge is 2.20. The topological polar surface area (TPSA) is 196 Å². The van der Waals surface area contributed by atoms with Crippen LogP contribution in [0.15, 0.2) is 110 Å². The van der Waals surface area contributed by atoms with Crippen LogP contribution in [0.3, 0.4) is 0 Å². The molecule has 0 atom stereocenters. The predicted octanol–water partition coefficient (Wildman–Crippen LogP) is 8.97. The zero-order chi connectivity index (χ0) is 43.0. The normalized spacial score (nSPS) is 10.4. The van der Waals surface area contributed by atoms with Gasteiger partial charge in [-0.3, -0.25) is 0 Å². The van der Waals surface area contributed by atoms with Crippen LogP contribution in [0.25, 0.3) is 10.2 Å². The van der Waals surface area contributed by atoms with Crippen LogP contribution in [0, 0.1) is 22.7 Å². The Labute approximate surface area is 351 Å². The highest BCUT2D eigenvalue weighted by molar-refractivity contribution is 7.22. The van der Waals surface area contributed by atoms with Crippen LogP contribution in [0.5, 0.6) is 23.0 Å². The molecule has 60 heavy (non-hydrogen) atoms. The molecule has 0 aliphatic rings. The maximum atomic E-state index is 13.3. The van der Waals surface area contributed by atoms with Gasteiger partial charge in [0.1, 0.15) is 39.4 Å². The summed E-state index contributed by atoms with van der Waals surface area (Å²) in [5.41, 5.74) is 0.708. The first-order valence-corrected chi connectivity index (χ1v) is 19.9. The second kappa shape index (κ2) is 25.2. The van der Waals surface area contributed by atoms with Crippen molar-refractivity contribution in [2.24, 2.45) is 0 Å². The van der Waals surface area contributed by atoms with Crippen LogP contribution in [0.2, 0.25) is 0 Å². The lowest BCUT2D eigenvalue weighted by Gasteiger charge is -2.10. The molecule has 310 valence electrons. The molecule has 1 N–H and O–H groups in total. The lowest BCUT2D eigenvalue weighted by molar-refractivity contribution is -0.138. The number of allylic oxidation sites excluding steroid dienone is 3. The summed E-state index contributed by atoms with van der Waals surface area (Å²) in [6.45, 7) is 8.41. The number of unbranched alkanes of at least 4 members (excludes halogenated alkanes) is 6. The fraction of sp³-hybridized carbons (Fsp3) is 0.267. The Hall–Kier alpha value is -7.23. The number of carbonyl (C=O) groups excluding carboxylic acids is 4. The molecule has 1 aromatic heterocycles. The van der Waals surface area contributed by atoms with Crippen LogP contribution in [0.1, 0.15) is 72.1 Å². The minimum atomic E-state index is -0.647. The van der Waals surface area contributed by atoms with E-state index in [9.17, 15) is 19.2 Å². The van der Waals surface area contributed by atoms with Crippen LogP contribution in [0.4, 0.5) is 5.13 Å². The lowest BCUT2D eigenvalue weighted by atomic mass is 10.2. The minimum Gasteiger partial charge on any atom is -0.494 e. The zero-order valence-corrected chi connectivity index (χ0v) is 33.7. The molecule has 0 saturated carbocycles. The van der Waals surface area contributed by atoms with E-state index in [1.807, 2.05) is 0 Å². The van der Waals surface area contributed by atoms with E-state index >= 15 is 0 Å². The fourth-order valence-corrected chi connectivity index (χ4v) is 6.11. The van der Waals surface area contributed by atoms with Crippen molar-refractivity contribution in [1.82, 2.24) is 4.98 Å². The molecule has 0 unspecified atom stereocenters. The third kappa shape index (κ3) is 15.3. The van der Waals surface area contributed by atoms with Crippen molar-refractivity contribution in [3.05, 3.63) is 121 Å². The first-order chi connectivity index (χ1) is 29.2. The number of hydrogen-bond donors (Lipinski definition) is 1. The number of thiazole rings is 1. The second-order valence-electron chi connectivity index (χ2n) is 12.7. The fourth-order valence-electron chi connectivity index (χ4n) is 5.20. The predicted molar refractivity (Wildman–Crippen MR) is 225 cm³/mol. The maximum Gasteiger partial charge on any atom is 0.343 e. The number of ether oxygens (including phenoxy) is 6. The van der Waals surface area contributed by atoms with Crippen molar-refractivity contribution in [3.63, 3.8) is 0 Å². The Morgan fingerprint density at radius 2 is 1.12 bits per heavy atom. The summed E-state index contributed by atoms with van der Waals surface area (Å²) in [6, 6.07) is 19.6. The molecule has 0 aliphatic heterocycles. The SMILES string of the molecule is C=CC(=O)OCCCCCCOc1ccc(C(=O)Oc2ccc(OC(=O)c3ccc(OCCCCCCOC(=O)C=C)cc3)c3sc(N/C=C/C=C(C#N)C#N)nc23)cc1. The van der Waals surface area contributed by atoms with Gasteiger partial charge in [0.2, 0.25) is 0 Å². The van der Waals surface area contributed by atoms with Crippen LogP contribution in [-0.2, 0) is 19.1 Å². The summed E-state index contributed by atoms with van der Waals surface area (Å²) < 4.78 is 33.5. The van der Waals surface area contributed by atoms with Crippen LogP contribution >= 0.6 is 11.3 Å². The third-order valence-electron chi connectivity index (χ3n) is 8.30. The van der Waals surface area contributed by atoms with Gasteiger partial charge in [-0.25, -0.2) is 24.2 Å². The van der Waals surface area contributed by atoms with E-state index in [1.54, 1.807) is 60.7 Å². The van der Waals surface area contributed by atoms with E-state index in [-0.39, 0.29) is 33.7 Å². The van der Waals surface area contributed by atoms with Gasteiger partial charge in [0.05, 0.1) is 37.6 Å². The molecule has 0 radical (unpaired) electrons. The van der Waals surface area contributed by atoms with Gasteiger partial charge in [-0.05, 0) is 124 Å². The van der Waals surface area contributed by atoms with E-state index in [2.05, 4.69) is 23.5 Å². The number of benzene rings is 3. The molecule has 0 aliphatic carbocycles. The van der Waals surface area contributed by atoms with Gasteiger partial charge in [-0.2, -0.15) is 10.5 Å². The Balaban J connectivity index is 1.37. The smallest absolute Gasteiger partial charge is 0.343 e. The van der Waals surface area contributed by atoms with Crippen molar-refractivity contribution in [3.8, 4) is 35.1 Å². The lowest BCUT2D eigenvalue weighted by Crippen LogP contribution is -2.10. The highest BCUT2D eigenvalue weighted by Crippen LogP contribution is 2.40. The van der Waals surface area contributed by atoms with Crippen molar-refractivity contribution in [1.29, 1.82) is 10.5 Å². The van der Waals surface area contributed by atoms with Crippen molar-refractivity contribution < 1.29 is 47.6 Å². The third-order valence-corrected chi connectivity index (χ3v) is 9.30. The summed E-state index contributed by atoms with van der Waals surface area (Å²) in [6.07, 6.45) is 13.3. The van der Waals surface area contributed by atoms with Gasteiger partial charge >= 0.3 is 23.9 Å². The summed E-state index contributed by atoms with van der Waals surface area (Å²) >= 11 is 1.13. The summed E-state index contributed by atoms with van der Waals surface area (Å²) in [5, 5.41) is 21.3. The number of nitrogens with zero attached hydrogens (tertiary/aromatic N) is 3. The number of aromatic nitrogens is 1. The summed E-state index contributed by atoms with van der Waals surface area (Å²) in [5.74, 6) is -0.654. The van der Waals surface area contributed by atoms with Crippen molar-refractivity contribution in [2.75, 3.05) is 31.7 Å². The molecule has 3 aromatic carbocycles. The van der Waals surface area contributed by atoms with E-state index in [1.165, 1.54) is 30.5 Å². The van der Waals surface area contributed by atoms with E-state index in [0.717, 1.165) is 74.9 Å². The monoisotopic (exact) mass is 832 g/mol. The average Bonchev–Trinajstić information content (AvgIpc) is 3.71. The minimum absolute atomic E-state index is 0.0882. The summed E-state index contributed by atoms with van der Waals surface area (Å²) in [7, 11) is 0. The maximum absolute atomic E-state index is 13.3. The number of nitriles is 2. The van der Waals surface area contributed by atoms with E-state index in [4.69, 9.17) is 38.9 Å². The van der Waals surface area contributed by atoms with Gasteiger partial charge in [-0.15, -0.1) is 0 Å². The van der Waals surface area contributed by atoms with Gasteiger partial charge in [0, 0.05) is 18.4 Å². The first kappa shape index (κ1) is 45.5. The van der Waals surface area contributed by atoms with Gasteiger partial charge < -0.3 is 33.7 Å². The number of hydrogen-bond acceptors (Lipinski definition) is 15. The quantitative estimate of drug-likeness (QED) is 0.0166. The molecular weight excluding hydrogens is 789 g/mol. The van der Waals surface area contributed by atoms with Crippen LogP contribution in [-0.4, -0.2) is 55.3 Å². The molecule has 0 saturated heterocycles. The Morgan fingerprint density at radius 3 is 1.60 bits per heavy atom. The second-order valence-corrected chi connectivity index (χ2v) is 13.7. The molecular formula is C45H44N4O10S. The summed E-state index contributed by atoms with van der Waals surface area (Å²) in [4.78, 5) is 53.3. The number of rotatable bonds is 25. The molecule has 4 aromatic rings. The molecule has 14 nitrogen and oxygen atoms in total. The zero-order valence-electron chi connectivity index (χ0n) is 32.9. The number of fused-ring (bicyclic) bond motifs is 1. The van der Waals surface area contributed by atoms with Gasteiger partial charge in [0.15, 0.2) is 16.6 Å². The number of anilines is 1. The largest absolute Gasteiger partial charge is 0.494 e. The Bertz CT molecular complexity index is 2100. The molecule has 15 heteroatoms. The van der Waals surface area contributed by atoms with Crippen LogP contribution < -0.4 is 24.3 Å². The van der Waals surface area contributed by atoms with Crippen molar-refractivity contribution in [2.45, 2.75) is 51.4 Å². The molecule has 4 rings (SSSR count). The van der Waals surface area contributed by atoms with Crippen molar-refractivity contribution >= 4 is 50.6 Å². The molecule has 1 heterocycles. The Morgan fingerprint density at radius 1 is 0.650 bits per heavy atom. The highest BCUT2D eigenvalue weighted by atomic mass is 32.1.